The van der Waals surface area contributed by atoms with Crippen LogP contribution in [0.4, 0.5) is 10.1 Å². The maximum absolute atomic E-state index is 14.5. The van der Waals surface area contributed by atoms with Crippen LogP contribution >= 0.6 is 0 Å². The SMILES string of the molecule is O=C1NCCc2cc(F)c(N3C(=O)C4=C(CCCC4)C3=O)cc21. The molecule has 0 unspecified atom stereocenters. The van der Waals surface area contributed by atoms with Crippen LogP contribution < -0.4 is 10.2 Å². The van der Waals surface area contributed by atoms with Crippen molar-refractivity contribution in [1.29, 1.82) is 0 Å². The summed E-state index contributed by atoms with van der Waals surface area (Å²) in [5, 5.41) is 2.69. The number of hydrogen-bond acceptors (Lipinski definition) is 3. The number of amides is 3. The highest BCUT2D eigenvalue weighted by atomic mass is 19.1. The van der Waals surface area contributed by atoms with Crippen LogP contribution in [0.1, 0.15) is 41.6 Å². The standard InChI is InChI=1S/C17H15FN2O3/c18-13-7-9-5-6-19-15(21)12(9)8-14(13)20-16(22)10-3-1-2-4-11(10)17(20)23/h7-8H,1-6H2,(H,19,21). The fourth-order valence-electron chi connectivity index (χ4n) is 3.56. The Morgan fingerprint density at radius 2 is 1.61 bits per heavy atom. The van der Waals surface area contributed by atoms with Gasteiger partial charge in [0.2, 0.25) is 0 Å². The van der Waals surface area contributed by atoms with Gasteiger partial charge in [0.05, 0.1) is 5.69 Å². The topological polar surface area (TPSA) is 66.5 Å². The van der Waals surface area contributed by atoms with Crippen LogP contribution in [0.2, 0.25) is 0 Å². The monoisotopic (exact) mass is 314 g/mol. The fourth-order valence-corrected chi connectivity index (χ4v) is 3.56. The van der Waals surface area contributed by atoms with E-state index >= 15 is 0 Å². The van der Waals surface area contributed by atoms with Gasteiger partial charge in [0.1, 0.15) is 5.82 Å². The van der Waals surface area contributed by atoms with Crippen LogP contribution in [0.25, 0.3) is 0 Å². The largest absolute Gasteiger partial charge is 0.352 e. The normalized spacial score (nSPS) is 20.6. The highest BCUT2D eigenvalue weighted by Crippen LogP contribution is 2.37. The number of nitrogens with one attached hydrogen (secondary N) is 1. The molecule has 3 amide bonds. The number of halogens is 1. The summed E-state index contributed by atoms with van der Waals surface area (Å²) in [6.07, 6.45) is 3.38. The fraction of sp³-hybridized carbons (Fsp3) is 0.353. The summed E-state index contributed by atoms with van der Waals surface area (Å²) in [6.45, 7) is 0.460. The average Bonchev–Trinajstić information content (AvgIpc) is 2.80. The average molecular weight is 314 g/mol. The molecule has 0 bridgehead atoms. The second-order valence-electron chi connectivity index (χ2n) is 6.08. The summed E-state index contributed by atoms with van der Waals surface area (Å²) in [5.74, 6) is -1.83. The van der Waals surface area contributed by atoms with Crippen molar-refractivity contribution in [2.75, 3.05) is 11.4 Å². The van der Waals surface area contributed by atoms with Gasteiger partial charge in [-0.25, -0.2) is 9.29 Å². The molecule has 0 radical (unpaired) electrons. The van der Waals surface area contributed by atoms with Gasteiger partial charge in [-0.3, -0.25) is 14.4 Å². The Morgan fingerprint density at radius 3 is 2.26 bits per heavy atom. The van der Waals surface area contributed by atoms with Crippen LogP contribution in [0, 0.1) is 5.82 Å². The molecule has 2 aliphatic heterocycles. The van der Waals surface area contributed by atoms with Crippen molar-refractivity contribution >= 4 is 23.4 Å². The molecule has 6 heteroatoms. The van der Waals surface area contributed by atoms with Crippen LogP contribution in [-0.4, -0.2) is 24.3 Å². The lowest BCUT2D eigenvalue weighted by molar-refractivity contribution is -0.120. The Bertz CT molecular complexity index is 769. The molecule has 0 spiro atoms. The Hall–Kier alpha value is -2.50. The van der Waals surface area contributed by atoms with Crippen molar-refractivity contribution in [3.8, 4) is 0 Å². The van der Waals surface area contributed by atoms with E-state index in [4.69, 9.17) is 0 Å². The number of carbonyl (C=O) groups is 3. The number of carbonyl (C=O) groups excluding carboxylic acids is 3. The minimum Gasteiger partial charge on any atom is -0.352 e. The van der Waals surface area contributed by atoms with Gasteiger partial charge in [0.15, 0.2) is 0 Å². The summed E-state index contributed by atoms with van der Waals surface area (Å²) in [6, 6.07) is 2.59. The lowest BCUT2D eigenvalue weighted by atomic mass is 9.93. The third-order valence-corrected chi connectivity index (χ3v) is 4.73. The molecular weight excluding hydrogens is 299 g/mol. The Balaban J connectivity index is 1.80. The zero-order valence-corrected chi connectivity index (χ0v) is 12.4. The van der Waals surface area contributed by atoms with Crippen LogP contribution in [-0.2, 0) is 16.0 Å². The Labute approximate surface area is 132 Å². The van der Waals surface area contributed by atoms with E-state index in [9.17, 15) is 18.8 Å². The van der Waals surface area contributed by atoms with Crippen molar-refractivity contribution in [1.82, 2.24) is 5.32 Å². The molecule has 118 valence electrons. The first-order valence-electron chi connectivity index (χ1n) is 7.79. The molecule has 0 aromatic heterocycles. The number of imide groups is 1. The van der Waals surface area contributed by atoms with Crippen LogP contribution in [0.3, 0.4) is 0 Å². The first-order valence-corrected chi connectivity index (χ1v) is 7.79. The molecule has 0 saturated carbocycles. The van der Waals surface area contributed by atoms with Gasteiger partial charge in [-0.15, -0.1) is 0 Å². The zero-order valence-electron chi connectivity index (χ0n) is 12.4. The first-order chi connectivity index (χ1) is 11.1. The third kappa shape index (κ3) is 2.01. The lowest BCUT2D eigenvalue weighted by Crippen LogP contribution is -2.35. The summed E-state index contributed by atoms with van der Waals surface area (Å²) in [4.78, 5) is 37.9. The molecule has 1 aliphatic carbocycles. The van der Waals surface area contributed by atoms with Crippen molar-refractivity contribution in [3.63, 3.8) is 0 Å². The molecule has 1 N–H and O–H groups in total. The first kappa shape index (κ1) is 14.1. The molecule has 4 rings (SSSR count). The minimum absolute atomic E-state index is 0.120. The summed E-state index contributed by atoms with van der Waals surface area (Å²) in [7, 11) is 0. The predicted molar refractivity (Wildman–Crippen MR) is 80.4 cm³/mol. The molecule has 0 fully saturated rings. The van der Waals surface area contributed by atoms with Crippen molar-refractivity contribution < 1.29 is 18.8 Å². The lowest BCUT2D eigenvalue weighted by Gasteiger charge is -2.21. The van der Waals surface area contributed by atoms with Gasteiger partial charge < -0.3 is 5.32 Å². The van der Waals surface area contributed by atoms with Crippen molar-refractivity contribution in [2.24, 2.45) is 0 Å². The third-order valence-electron chi connectivity index (χ3n) is 4.73. The number of anilines is 1. The summed E-state index contributed by atoms with van der Waals surface area (Å²) < 4.78 is 14.5. The smallest absolute Gasteiger partial charge is 0.261 e. The number of fused-ring (bicyclic) bond motifs is 1. The van der Waals surface area contributed by atoms with E-state index in [-0.39, 0.29) is 11.6 Å². The highest BCUT2D eigenvalue weighted by Gasteiger charge is 2.41. The highest BCUT2D eigenvalue weighted by molar-refractivity contribution is 6.33. The predicted octanol–water partition coefficient (Wildman–Crippen LogP) is 1.86. The number of rotatable bonds is 1. The number of benzene rings is 1. The quantitative estimate of drug-likeness (QED) is 0.805. The van der Waals surface area contributed by atoms with E-state index in [1.165, 1.54) is 12.1 Å². The second kappa shape index (κ2) is 5.01. The molecule has 0 saturated heterocycles. The zero-order chi connectivity index (χ0) is 16.1. The van der Waals surface area contributed by atoms with Gasteiger partial charge in [-0.05, 0) is 49.8 Å². The molecular formula is C17H15FN2O3. The summed E-state index contributed by atoms with van der Waals surface area (Å²) >= 11 is 0. The molecule has 1 aromatic carbocycles. The molecule has 0 atom stereocenters. The van der Waals surface area contributed by atoms with Gasteiger partial charge in [-0.2, -0.15) is 0 Å². The van der Waals surface area contributed by atoms with Crippen molar-refractivity contribution in [3.05, 3.63) is 40.2 Å². The summed E-state index contributed by atoms with van der Waals surface area (Å²) in [5.41, 5.74) is 1.82. The maximum atomic E-state index is 14.5. The Kier molecular flexibility index (Phi) is 3.07. The van der Waals surface area contributed by atoms with E-state index in [2.05, 4.69) is 5.32 Å². The van der Waals surface area contributed by atoms with E-state index in [0.29, 0.717) is 48.1 Å². The van der Waals surface area contributed by atoms with Gasteiger partial charge in [0, 0.05) is 23.3 Å². The second-order valence-corrected chi connectivity index (χ2v) is 6.08. The van der Waals surface area contributed by atoms with E-state index in [1.807, 2.05) is 0 Å². The molecule has 23 heavy (non-hydrogen) atoms. The van der Waals surface area contributed by atoms with Gasteiger partial charge >= 0.3 is 0 Å². The van der Waals surface area contributed by atoms with Gasteiger partial charge in [0.25, 0.3) is 17.7 Å². The van der Waals surface area contributed by atoms with Crippen LogP contribution in [0.5, 0.6) is 0 Å². The van der Waals surface area contributed by atoms with Gasteiger partial charge in [-0.1, -0.05) is 0 Å². The maximum Gasteiger partial charge on any atom is 0.261 e. The molecule has 3 aliphatic rings. The van der Waals surface area contributed by atoms with Crippen LogP contribution in [0.15, 0.2) is 23.3 Å². The van der Waals surface area contributed by atoms with Crippen molar-refractivity contribution in [2.45, 2.75) is 32.1 Å². The van der Waals surface area contributed by atoms with E-state index < -0.39 is 17.6 Å². The van der Waals surface area contributed by atoms with E-state index in [0.717, 1.165) is 17.7 Å². The van der Waals surface area contributed by atoms with E-state index in [1.54, 1.807) is 0 Å². The minimum atomic E-state index is -0.639. The number of hydrogen-bond donors (Lipinski definition) is 1. The molecule has 2 heterocycles. The number of nitrogens with zero attached hydrogens (tertiary/aromatic N) is 1. The molecule has 1 aromatic rings. The molecule has 5 nitrogen and oxygen atoms in total. The Morgan fingerprint density at radius 1 is 0.957 bits per heavy atom.